The number of hydrogen-bond acceptors (Lipinski definition) is 7. The van der Waals surface area contributed by atoms with E-state index in [-0.39, 0.29) is 29.0 Å². The van der Waals surface area contributed by atoms with Crippen molar-refractivity contribution in [2.24, 2.45) is 4.99 Å². The molecule has 0 saturated carbocycles. The lowest BCUT2D eigenvalue weighted by atomic mass is 9.94. The molecule has 1 amide bonds. The first-order chi connectivity index (χ1) is 15.4. The number of nitrogens with zero attached hydrogens (tertiary/aromatic N) is 3. The zero-order valence-electron chi connectivity index (χ0n) is 17.6. The van der Waals surface area contributed by atoms with Crippen molar-refractivity contribution in [1.82, 2.24) is 4.90 Å². The van der Waals surface area contributed by atoms with Crippen molar-refractivity contribution in [1.29, 1.82) is 0 Å². The summed E-state index contributed by atoms with van der Waals surface area (Å²) in [5.74, 6) is -0.781. The van der Waals surface area contributed by atoms with Crippen LogP contribution in [0.2, 0.25) is 0 Å². The van der Waals surface area contributed by atoms with Gasteiger partial charge in [0.25, 0.3) is 5.69 Å². The molecule has 0 radical (unpaired) electrons. The van der Waals surface area contributed by atoms with Crippen LogP contribution < -0.4 is 0 Å². The summed E-state index contributed by atoms with van der Waals surface area (Å²) in [5, 5.41) is 11.5. The van der Waals surface area contributed by atoms with Crippen LogP contribution in [0, 0.1) is 10.1 Å². The summed E-state index contributed by atoms with van der Waals surface area (Å²) in [6, 6.07) is 14.4. The first kappa shape index (κ1) is 21.8. The number of fused-ring (bicyclic) bond motifs is 1. The number of allylic oxidation sites excluding steroid dienone is 1. The molecule has 2 aromatic rings. The van der Waals surface area contributed by atoms with E-state index in [4.69, 9.17) is 4.74 Å². The number of thioether (sulfide) groups is 1. The highest BCUT2D eigenvalue weighted by Crippen LogP contribution is 2.44. The van der Waals surface area contributed by atoms with Crippen molar-refractivity contribution in [2.45, 2.75) is 38.2 Å². The Hall–Kier alpha value is -3.46. The number of amidine groups is 1. The Bertz CT molecular complexity index is 1150. The number of hydrogen-bond donors (Lipinski definition) is 0. The van der Waals surface area contributed by atoms with Gasteiger partial charge in [-0.05, 0) is 24.5 Å². The van der Waals surface area contributed by atoms with Crippen LogP contribution in [-0.2, 0) is 20.9 Å². The van der Waals surface area contributed by atoms with Crippen LogP contribution in [-0.4, -0.2) is 32.1 Å². The Morgan fingerprint density at radius 1 is 1.22 bits per heavy atom. The maximum atomic E-state index is 13.2. The number of amides is 1. The fourth-order valence-electron chi connectivity index (χ4n) is 3.77. The van der Waals surface area contributed by atoms with Gasteiger partial charge in [0.15, 0.2) is 5.17 Å². The van der Waals surface area contributed by atoms with Gasteiger partial charge in [-0.1, -0.05) is 61.2 Å². The molecule has 0 bridgehead atoms. The van der Waals surface area contributed by atoms with Crippen molar-refractivity contribution in [3.05, 3.63) is 87.1 Å². The summed E-state index contributed by atoms with van der Waals surface area (Å²) in [6.45, 7) is 3.67. The number of esters is 1. The normalized spacial score (nSPS) is 20.1. The van der Waals surface area contributed by atoms with E-state index in [1.165, 1.54) is 28.8 Å². The first-order valence-electron chi connectivity index (χ1n) is 10.1. The zero-order chi connectivity index (χ0) is 22.8. The number of non-ortho nitro benzene ring substituents is 1. The number of rotatable bonds is 6. The summed E-state index contributed by atoms with van der Waals surface area (Å²) in [4.78, 5) is 43.2. The molecule has 2 aromatic carbocycles. The third-order valence-corrected chi connectivity index (χ3v) is 6.67. The summed E-state index contributed by atoms with van der Waals surface area (Å²) >= 11 is 1.35. The Labute approximate surface area is 189 Å². The first-order valence-corrected chi connectivity index (χ1v) is 11.0. The minimum atomic E-state index is -0.845. The monoisotopic (exact) mass is 451 g/mol. The van der Waals surface area contributed by atoms with E-state index in [0.29, 0.717) is 22.8 Å². The van der Waals surface area contributed by atoms with Gasteiger partial charge in [0, 0.05) is 12.1 Å². The second kappa shape index (κ2) is 8.96. The van der Waals surface area contributed by atoms with E-state index in [0.717, 1.165) is 5.56 Å². The number of nitro groups is 1. The van der Waals surface area contributed by atoms with Crippen LogP contribution in [0.5, 0.6) is 0 Å². The summed E-state index contributed by atoms with van der Waals surface area (Å²) in [6.07, 6.45) is 0.605. The highest BCUT2D eigenvalue weighted by molar-refractivity contribution is 8.15. The third-order valence-electron chi connectivity index (χ3n) is 5.35. The van der Waals surface area contributed by atoms with Gasteiger partial charge in [-0.3, -0.25) is 19.8 Å². The molecule has 0 aromatic heterocycles. The average Bonchev–Trinajstić information content (AvgIpc) is 3.12. The van der Waals surface area contributed by atoms with Gasteiger partial charge in [0.05, 0.1) is 27.5 Å². The van der Waals surface area contributed by atoms with Crippen LogP contribution in [0.1, 0.15) is 37.4 Å². The van der Waals surface area contributed by atoms with E-state index in [9.17, 15) is 19.7 Å². The quantitative estimate of drug-likeness (QED) is 0.367. The van der Waals surface area contributed by atoms with Gasteiger partial charge in [0.1, 0.15) is 6.61 Å². The molecule has 32 heavy (non-hydrogen) atoms. The maximum absolute atomic E-state index is 13.2. The van der Waals surface area contributed by atoms with Gasteiger partial charge < -0.3 is 4.74 Å². The standard InChI is InChI=1S/C23H21N3O5S/c1-3-18-21(27)25-20(16-10-7-11-17(12-16)26(29)30)19(14(2)24-23(25)32-18)22(28)31-13-15-8-5-4-6-9-15/h4-12,18,20H,3,13H2,1-2H3/t18-,20-/m1/s1. The number of carbonyl (C=O) groups is 2. The minimum Gasteiger partial charge on any atom is -0.457 e. The van der Waals surface area contributed by atoms with E-state index in [1.807, 2.05) is 37.3 Å². The van der Waals surface area contributed by atoms with Crippen LogP contribution in [0.4, 0.5) is 5.69 Å². The van der Waals surface area contributed by atoms with Crippen LogP contribution in [0.15, 0.2) is 70.9 Å². The SMILES string of the molecule is CC[C@H]1SC2=NC(C)=C(C(=O)OCc3ccccc3)[C@@H](c3cccc([N+](=O)[O-])c3)N2C1=O. The van der Waals surface area contributed by atoms with Gasteiger partial charge in [-0.2, -0.15) is 0 Å². The fourth-order valence-corrected chi connectivity index (χ4v) is 4.91. The van der Waals surface area contributed by atoms with Gasteiger partial charge in [-0.15, -0.1) is 0 Å². The van der Waals surface area contributed by atoms with Crippen molar-refractivity contribution < 1.29 is 19.2 Å². The van der Waals surface area contributed by atoms with Crippen LogP contribution in [0.3, 0.4) is 0 Å². The molecule has 2 aliphatic rings. The second-order valence-electron chi connectivity index (χ2n) is 7.43. The molecule has 1 fully saturated rings. The lowest BCUT2D eigenvalue weighted by molar-refractivity contribution is -0.384. The molecule has 2 atom stereocenters. The van der Waals surface area contributed by atoms with Gasteiger partial charge >= 0.3 is 5.97 Å². The van der Waals surface area contributed by atoms with E-state index in [1.54, 1.807) is 19.1 Å². The predicted molar refractivity (Wildman–Crippen MR) is 121 cm³/mol. The van der Waals surface area contributed by atoms with Crippen molar-refractivity contribution in [2.75, 3.05) is 0 Å². The Morgan fingerprint density at radius 2 is 1.97 bits per heavy atom. The van der Waals surface area contributed by atoms with Crippen LogP contribution in [0.25, 0.3) is 0 Å². The molecular formula is C23H21N3O5S. The number of ether oxygens (including phenoxy) is 1. The molecule has 0 aliphatic carbocycles. The predicted octanol–water partition coefficient (Wildman–Crippen LogP) is 4.38. The Kier molecular flexibility index (Phi) is 6.09. The highest BCUT2D eigenvalue weighted by atomic mass is 32.2. The molecule has 2 heterocycles. The number of aliphatic imine (C=N–C) groups is 1. The van der Waals surface area contributed by atoms with Crippen LogP contribution >= 0.6 is 11.8 Å². The van der Waals surface area contributed by atoms with E-state index in [2.05, 4.69) is 4.99 Å². The Balaban J connectivity index is 1.75. The zero-order valence-corrected chi connectivity index (χ0v) is 18.4. The van der Waals surface area contributed by atoms with Crippen molar-refractivity contribution in [3.63, 3.8) is 0 Å². The largest absolute Gasteiger partial charge is 0.457 e. The lowest BCUT2D eigenvalue weighted by Crippen LogP contribution is -2.40. The van der Waals surface area contributed by atoms with E-state index >= 15 is 0 Å². The number of carbonyl (C=O) groups excluding carboxylic acids is 2. The smallest absolute Gasteiger partial charge is 0.338 e. The van der Waals surface area contributed by atoms with Crippen molar-refractivity contribution >= 4 is 34.5 Å². The molecule has 2 aliphatic heterocycles. The Morgan fingerprint density at radius 3 is 2.66 bits per heavy atom. The molecule has 8 nitrogen and oxygen atoms in total. The molecule has 164 valence electrons. The highest BCUT2D eigenvalue weighted by Gasteiger charge is 2.47. The van der Waals surface area contributed by atoms with Crippen molar-refractivity contribution in [3.8, 4) is 0 Å². The fraction of sp³-hybridized carbons (Fsp3) is 0.261. The van der Waals surface area contributed by atoms with Gasteiger partial charge in [-0.25, -0.2) is 9.79 Å². The third kappa shape index (κ3) is 4.03. The average molecular weight is 452 g/mol. The number of benzene rings is 2. The summed E-state index contributed by atoms with van der Waals surface area (Å²) in [5.41, 5.74) is 1.81. The molecule has 9 heteroatoms. The topological polar surface area (TPSA) is 102 Å². The molecular weight excluding hydrogens is 430 g/mol. The van der Waals surface area contributed by atoms with Gasteiger partial charge in [0.2, 0.25) is 5.91 Å². The lowest BCUT2D eigenvalue weighted by Gasteiger charge is -2.33. The number of nitro benzene ring substituents is 1. The van der Waals surface area contributed by atoms with E-state index < -0.39 is 16.9 Å². The molecule has 1 saturated heterocycles. The molecule has 0 unspecified atom stereocenters. The molecule has 4 rings (SSSR count). The molecule has 0 N–H and O–H groups in total. The minimum absolute atomic E-state index is 0.0644. The second-order valence-corrected chi connectivity index (χ2v) is 8.60. The summed E-state index contributed by atoms with van der Waals surface area (Å²) in [7, 11) is 0. The summed E-state index contributed by atoms with van der Waals surface area (Å²) < 4.78 is 5.56. The maximum Gasteiger partial charge on any atom is 0.338 e. The molecule has 0 spiro atoms.